The van der Waals surface area contributed by atoms with Crippen LogP contribution in [0.4, 0.5) is 0 Å². The highest BCUT2D eigenvalue weighted by Crippen LogP contribution is 2.38. The molecule has 2 heterocycles. The molecule has 2 aromatic carbocycles. The van der Waals surface area contributed by atoms with Crippen LogP contribution in [0.2, 0.25) is 0 Å². The first-order valence-corrected chi connectivity index (χ1v) is 12.3. The quantitative estimate of drug-likeness (QED) is 0.578. The van der Waals surface area contributed by atoms with Gasteiger partial charge in [0.05, 0.1) is 17.0 Å². The molecule has 1 N–H and O–H groups in total. The van der Waals surface area contributed by atoms with Crippen LogP contribution in [0.25, 0.3) is 0 Å². The van der Waals surface area contributed by atoms with Gasteiger partial charge in [0.15, 0.2) is 0 Å². The van der Waals surface area contributed by atoms with Crippen molar-refractivity contribution in [2.75, 3.05) is 13.1 Å². The number of nitriles is 1. The molecule has 1 aromatic heterocycles. The Morgan fingerprint density at radius 1 is 1.13 bits per heavy atom. The van der Waals surface area contributed by atoms with Gasteiger partial charge in [-0.3, -0.25) is 4.79 Å². The van der Waals surface area contributed by atoms with E-state index in [-0.39, 0.29) is 29.8 Å². The molecule has 0 bridgehead atoms. The summed E-state index contributed by atoms with van der Waals surface area (Å²) in [4.78, 5) is 16.6. The number of sulfonamides is 1. The summed E-state index contributed by atoms with van der Waals surface area (Å²) in [6.45, 7) is 0.650. The molecule has 1 aliphatic rings. The van der Waals surface area contributed by atoms with E-state index in [2.05, 4.69) is 16.2 Å². The van der Waals surface area contributed by atoms with Crippen LogP contribution in [0, 0.1) is 11.3 Å². The van der Waals surface area contributed by atoms with Crippen molar-refractivity contribution in [1.29, 1.82) is 5.26 Å². The van der Waals surface area contributed by atoms with Gasteiger partial charge < -0.3 is 4.90 Å². The van der Waals surface area contributed by atoms with Gasteiger partial charge in [-0.15, -0.1) is 11.3 Å². The van der Waals surface area contributed by atoms with Crippen molar-refractivity contribution in [3.8, 4) is 6.07 Å². The van der Waals surface area contributed by atoms with Crippen LogP contribution >= 0.6 is 11.3 Å². The fourth-order valence-corrected chi connectivity index (χ4v) is 5.73. The normalized spacial score (nSPS) is 15.8. The Hall–Kier alpha value is -2.99. The van der Waals surface area contributed by atoms with E-state index in [0.717, 1.165) is 17.5 Å². The number of carbonyl (C=O) groups is 1. The van der Waals surface area contributed by atoms with Crippen LogP contribution in [-0.2, 0) is 16.4 Å². The Labute approximate surface area is 185 Å². The van der Waals surface area contributed by atoms with Gasteiger partial charge >= 0.3 is 0 Å². The number of nitrogens with one attached hydrogen (secondary N) is 1. The Balaban J connectivity index is 1.61. The highest BCUT2D eigenvalue weighted by molar-refractivity contribution is 7.89. The van der Waals surface area contributed by atoms with E-state index in [1.54, 1.807) is 23.5 Å². The first-order valence-electron chi connectivity index (χ1n) is 9.90. The van der Waals surface area contributed by atoms with Gasteiger partial charge in [-0.1, -0.05) is 30.3 Å². The summed E-state index contributed by atoms with van der Waals surface area (Å²) in [5.74, 6) is -0.132. The molecule has 3 aromatic rings. The molecule has 1 amide bonds. The van der Waals surface area contributed by atoms with Crippen LogP contribution in [-0.4, -0.2) is 32.3 Å². The first-order chi connectivity index (χ1) is 15.0. The molecule has 8 heteroatoms. The van der Waals surface area contributed by atoms with Gasteiger partial charge in [-0.05, 0) is 53.3 Å². The molecular formula is C23H21N3O3S2. The van der Waals surface area contributed by atoms with Crippen molar-refractivity contribution in [2.45, 2.75) is 23.8 Å². The van der Waals surface area contributed by atoms with Crippen molar-refractivity contribution < 1.29 is 13.2 Å². The average molecular weight is 452 g/mol. The Bertz CT molecular complexity index is 1210. The molecule has 0 fully saturated rings. The fraction of sp³-hybridized carbons (Fsp3) is 0.217. The topological polar surface area (TPSA) is 90.3 Å². The number of fused-ring (bicyclic) bond motifs is 1. The number of hydrogen-bond acceptors (Lipinski definition) is 5. The number of hydrogen-bond donors (Lipinski definition) is 1. The molecule has 0 aliphatic carbocycles. The maximum Gasteiger partial charge on any atom is 0.254 e. The molecule has 0 saturated heterocycles. The lowest BCUT2D eigenvalue weighted by Crippen LogP contribution is -2.40. The summed E-state index contributed by atoms with van der Waals surface area (Å²) in [6, 6.07) is 19.7. The molecule has 6 nitrogen and oxygen atoms in total. The molecule has 158 valence electrons. The summed E-state index contributed by atoms with van der Waals surface area (Å²) in [7, 11) is -3.71. The second-order valence-electron chi connectivity index (χ2n) is 7.19. The van der Waals surface area contributed by atoms with E-state index < -0.39 is 10.0 Å². The van der Waals surface area contributed by atoms with Crippen LogP contribution in [0.3, 0.4) is 0 Å². The molecule has 1 unspecified atom stereocenters. The number of carbonyl (C=O) groups excluding carboxylic acids is 1. The molecule has 0 spiro atoms. The Morgan fingerprint density at radius 3 is 2.58 bits per heavy atom. The van der Waals surface area contributed by atoms with Crippen LogP contribution in [0.5, 0.6) is 0 Å². The summed E-state index contributed by atoms with van der Waals surface area (Å²) >= 11 is 1.71. The SMILES string of the molecule is N#CCCNS(=O)(=O)c1ccc(C(=O)N2CCc3sccc3C2c2ccccc2)cc1. The summed E-state index contributed by atoms with van der Waals surface area (Å²) in [5, 5.41) is 10.6. The number of rotatable bonds is 6. The zero-order chi connectivity index (χ0) is 21.8. The highest BCUT2D eigenvalue weighted by atomic mass is 32.2. The van der Waals surface area contributed by atoms with E-state index in [9.17, 15) is 13.2 Å². The smallest absolute Gasteiger partial charge is 0.254 e. The van der Waals surface area contributed by atoms with Gasteiger partial charge in [0.1, 0.15) is 0 Å². The summed E-state index contributed by atoms with van der Waals surface area (Å²) in [6.07, 6.45) is 0.896. The molecule has 1 atom stereocenters. The minimum Gasteiger partial charge on any atom is -0.327 e. The number of nitrogens with zero attached hydrogens (tertiary/aromatic N) is 2. The minimum absolute atomic E-state index is 0.0506. The Morgan fingerprint density at radius 2 is 1.87 bits per heavy atom. The molecule has 0 radical (unpaired) electrons. The standard InChI is InChI=1S/C23H21N3O3S2/c24-13-4-14-25-31(28,29)19-9-7-18(8-10-19)23(27)26-15-11-21-20(12-16-30-21)22(26)17-5-2-1-3-6-17/h1-3,5-10,12,16,22,25H,4,11,14-15H2. The van der Waals surface area contributed by atoms with Crippen LogP contribution in [0.15, 0.2) is 70.9 Å². The van der Waals surface area contributed by atoms with E-state index in [0.29, 0.717) is 12.1 Å². The fourth-order valence-electron chi connectivity index (χ4n) is 3.80. The van der Waals surface area contributed by atoms with Gasteiger partial charge in [0, 0.05) is 30.0 Å². The van der Waals surface area contributed by atoms with E-state index >= 15 is 0 Å². The average Bonchev–Trinajstić information content (AvgIpc) is 3.27. The van der Waals surface area contributed by atoms with Crippen molar-refractivity contribution in [3.63, 3.8) is 0 Å². The lowest BCUT2D eigenvalue weighted by Gasteiger charge is -2.36. The zero-order valence-electron chi connectivity index (χ0n) is 16.7. The Kier molecular flexibility index (Phi) is 6.18. The number of thiophene rings is 1. The first kappa shape index (κ1) is 21.2. The van der Waals surface area contributed by atoms with E-state index in [4.69, 9.17) is 5.26 Å². The van der Waals surface area contributed by atoms with Gasteiger partial charge in [-0.25, -0.2) is 13.1 Å². The predicted molar refractivity (Wildman–Crippen MR) is 119 cm³/mol. The van der Waals surface area contributed by atoms with Crippen molar-refractivity contribution in [3.05, 3.63) is 87.6 Å². The molecular weight excluding hydrogens is 430 g/mol. The van der Waals surface area contributed by atoms with Gasteiger partial charge in [-0.2, -0.15) is 5.26 Å². The monoisotopic (exact) mass is 451 g/mol. The largest absolute Gasteiger partial charge is 0.327 e. The highest BCUT2D eigenvalue weighted by Gasteiger charge is 2.33. The number of amides is 1. The molecule has 4 rings (SSSR count). The third-order valence-corrected chi connectivity index (χ3v) is 7.76. The summed E-state index contributed by atoms with van der Waals surface area (Å²) < 4.78 is 27.0. The maximum absolute atomic E-state index is 13.4. The summed E-state index contributed by atoms with van der Waals surface area (Å²) in [5.41, 5.74) is 2.64. The lowest BCUT2D eigenvalue weighted by atomic mass is 9.92. The van der Waals surface area contributed by atoms with Gasteiger partial charge in [0.25, 0.3) is 5.91 Å². The molecule has 31 heavy (non-hydrogen) atoms. The second-order valence-corrected chi connectivity index (χ2v) is 9.96. The minimum atomic E-state index is -3.71. The van der Waals surface area contributed by atoms with E-state index in [1.807, 2.05) is 41.3 Å². The van der Waals surface area contributed by atoms with Crippen molar-refractivity contribution in [2.24, 2.45) is 0 Å². The van der Waals surface area contributed by atoms with E-state index in [1.165, 1.54) is 17.0 Å². The van der Waals surface area contributed by atoms with Crippen LogP contribution < -0.4 is 4.72 Å². The lowest BCUT2D eigenvalue weighted by molar-refractivity contribution is 0.0696. The second kappa shape index (κ2) is 9.02. The molecule has 1 aliphatic heterocycles. The predicted octanol–water partition coefficient (Wildman–Crippen LogP) is 3.73. The molecule has 0 saturated carbocycles. The van der Waals surface area contributed by atoms with Crippen molar-refractivity contribution in [1.82, 2.24) is 9.62 Å². The van der Waals surface area contributed by atoms with Crippen LogP contribution in [0.1, 0.15) is 38.8 Å². The number of benzene rings is 2. The third-order valence-electron chi connectivity index (χ3n) is 5.28. The zero-order valence-corrected chi connectivity index (χ0v) is 18.3. The maximum atomic E-state index is 13.4. The van der Waals surface area contributed by atoms with Gasteiger partial charge in [0.2, 0.25) is 10.0 Å². The third kappa shape index (κ3) is 4.39. The van der Waals surface area contributed by atoms with Crippen molar-refractivity contribution >= 4 is 27.3 Å².